The van der Waals surface area contributed by atoms with E-state index in [0.29, 0.717) is 10.8 Å². The Morgan fingerprint density at radius 3 is 2.61 bits per heavy atom. The molecule has 170 valence electrons. The number of fused-ring (bicyclic) bond motifs is 3. The highest BCUT2D eigenvalue weighted by molar-refractivity contribution is 7.99. The number of carbonyl (C=O) groups excluding carboxylic acids is 2. The van der Waals surface area contributed by atoms with Gasteiger partial charge in [-0.3, -0.25) is 9.59 Å². The number of hydrogen-bond acceptors (Lipinski definition) is 6. The lowest BCUT2D eigenvalue weighted by Crippen LogP contribution is -2.35. The fourth-order valence-electron chi connectivity index (χ4n) is 3.65. The predicted molar refractivity (Wildman–Crippen MR) is 126 cm³/mol. The molecule has 0 radical (unpaired) electrons. The van der Waals surface area contributed by atoms with Crippen molar-refractivity contribution in [3.8, 4) is 0 Å². The van der Waals surface area contributed by atoms with Crippen LogP contribution < -0.4 is 10.6 Å². The van der Waals surface area contributed by atoms with Crippen LogP contribution in [0.1, 0.15) is 19.8 Å². The zero-order valence-corrected chi connectivity index (χ0v) is 18.9. The Bertz CT molecular complexity index is 1310. The Morgan fingerprint density at radius 1 is 1.12 bits per heavy atom. The van der Waals surface area contributed by atoms with Crippen molar-refractivity contribution in [3.05, 3.63) is 54.3 Å². The van der Waals surface area contributed by atoms with Gasteiger partial charge < -0.3 is 15.2 Å². The van der Waals surface area contributed by atoms with Crippen molar-refractivity contribution in [1.82, 2.24) is 19.7 Å². The molecule has 0 atom stereocenters. The highest BCUT2D eigenvalue weighted by atomic mass is 32.2. The number of benzene rings is 2. The van der Waals surface area contributed by atoms with E-state index in [1.165, 1.54) is 29.2 Å². The van der Waals surface area contributed by atoms with Gasteiger partial charge in [0.2, 0.25) is 17.0 Å². The monoisotopic (exact) mass is 466 g/mol. The number of para-hydroxylation sites is 1. The third-order valence-corrected chi connectivity index (χ3v) is 5.97. The summed E-state index contributed by atoms with van der Waals surface area (Å²) < 4.78 is 15.4. The van der Waals surface area contributed by atoms with Crippen LogP contribution in [0.15, 0.2) is 53.7 Å². The summed E-state index contributed by atoms with van der Waals surface area (Å²) in [6, 6.07) is 13.5. The van der Waals surface area contributed by atoms with Crippen molar-refractivity contribution in [1.29, 1.82) is 0 Å². The van der Waals surface area contributed by atoms with E-state index in [1.54, 1.807) is 0 Å². The smallest absolute Gasteiger partial charge is 0.237 e. The Labute approximate surface area is 194 Å². The molecule has 10 heteroatoms. The SMILES string of the molecule is CCCn1c2ccccc2c2nnc(SCC(=O)N(CCC(N)=O)c3ccc(F)cc3)nc21. The van der Waals surface area contributed by atoms with Gasteiger partial charge in [0.15, 0.2) is 5.65 Å². The van der Waals surface area contributed by atoms with Gasteiger partial charge in [0, 0.05) is 30.6 Å². The second-order valence-corrected chi connectivity index (χ2v) is 8.40. The lowest BCUT2D eigenvalue weighted by Gasteiger charge is -2.22. The van der Waals surface area contributed by atoms with Gasteiger partial charge in [-0.05, 0) is 36.8 Å². The van der Waals surface area contributed by atoms with Crippen LogP contribution in [0.3, 0.4) is 0 Å². The zero-order chi connectivity index (χ0) is 23.4. The third kappa shape index (κ3) is 4.95. The van der Waals surface area contributed by atoms with Crippen LogP contribution in [-0.2, 0) is 16.1 Å². The van der Waals surface area contributed by atoms with Crippen LogP contribution in [0.4, 0.5) is 10.1 Å². The molecule has 0 aliphatic carbocycles. The van der Waals surface area contributed by atoms with Crippen molar-refractivity contribution in [3.63, 3.8) is 0 Å². The highest BCUT2D eigenvalue weighted by Crippen LogP contribution is 2.27. The Kier molecular flexibility index (Phi) is 6.83. The number of amides is 2. The van der Waals surface area contributed by atoms with E-state index in [4.69, 9.17) is 5.73 Å². The summed E-state index contributed by atoms with van der Waals surface area (Å²) in [5, 5.41) is 9.96. The van der Waals surface area contributed by atoms with Crippen LogP contribution in [0.5, 0.6) is 0 Å². The molecule has 0 spiro atoms. The quantitative estimate of drug-likeness (QED) is 0.378. The molecule has 33 heavy (non-hydrogen) atoms. The number of hydrogen-bond donors (Lipinski definition) is 1. The Morgan fingerprint density at radius 2 is 1.88 bits per heavy atom. The number of thioether (sulfide) groups is 1. The average molecular weight is 467 g/mol. The maximum absolute atomic E-state index is 13.3. The van der Waals surface area contributed by atoms with E-state index in [9.17, 15) is 14.0 Å². The number of rotatable bonds is 9. The van der Waals surface area contributed by atoms with Crippen LogP contribution in [0.2, 0.25) is 0 Å². The molecule has 2 heterocycles. The summed E-state index contributed by atoms with van der Waals surface area (Å²) >= 11 is 1.16. The fourth-order valence-corrected chi connectivity index (χ4v) is 4.30. The molecule has 0 aliphatic rings. The first kappa shape index (κ1) is 22.7. The van der Waals surface area contributed by atoms with Crippen molar-refractivity contribution in [2.24, 2.45) is 5.73 Å². The minimum atomic E-state index is -0.524. The molecule has 0 aliphatic heterocycles. The summed E-state index contributed by atoms with van der Waals surface area (Å²) in [6.45, 7) is 2.99. The zero-order valence-electron chi connectivity index (χ0n) is 18.1. The van der Waals surface area contributed by atoms with Gasteiger partial charge in [-0.15, -0.1) is 10.2 Å². The summed E-state index contributed by atoms with van der Waals surface area (Å²) in [6.07, 6.45) is 0.931. The van der Waals surface area contributed by atoms with Crippen molar-refractivity contribution < 1.29 is 14.0 Å². The van der Waals surface area contributed by atoms with Crippen molar-refractivity contribution >= 4 is 51.3 Å². The van der Waals surface area contributed by atoms with Crippen molar-refractivity contribution in [2.75, 3.05) is 17.2 Å². The second kappa shape index (κ2) is 9.95. The second-order valence-electron chi connectivity index (χ2n) is 7.46. The number of halogens is 1. The third-order valence-electron chi connectivity index (χ3n) is 5.15. The van der Waals surface area contributed by atoms with E-state index < -0.39 is 11.7 Å². The maximum atomic E-state index is 13.3. The number of nitrogens with zero attached hydrogens (tertiary/aromatic N) is 5. The molecule has 4 rings (SSSR count). The van der Waals surface area contributed by atoms with E-state index >= 15 is 0 Å². The number of carbonyl (C=O) groups is 2. The standard InChI is InChI=1S/C23H23FN6O2S/c1-2-12-30-18-6-4-3-5-17(18)21-22(30)26-23(28-27-21)33-14-20(32)29(13-11-19(25)31)16-9-7-15(24)8-10-16/h3-10H,2,11-14H2,1H3,(H2,25,31). The molecule has 0 saturated carbocycles. The van der Waals surface area contributed by atoms with Gasteiger partial charge in [-0.2, -0.15) is 0 Å². The molecule has 2 amide bonds. The van der Waals surface area contributed by atoms with Crippen LogP contribution in [0.25, 0.3) is 22.1 Å². The normalized spacial score (nSPS) is 11.2. The number of primary amides is 1. The van der Waals surface area contributed by atoms with Gasteiger partial charge in [0.1, 0.15) is 11.3 Å². The van der Waals surface area contributed by atoms with Gasteiger partial charge in [0.25, 0.3) is 0 Å². The molecular formula is C23H23FN6O2S. The van der Waals surface area contributed by atoms with E-state index in [-0.39, 0.29) is 24.6 Å². The molecule has 8 nitrogen and oxygen atoms in total. The summed E-state index contributed by atoms with van der Waals surface area (Å²) in [7, 11) is 0. The van der Waals surface area contributed by atoms with Gasteiger partial charge in [-0.1, -0.05) is 36.9 Å². The molecule has 0 bridgehead atoms. The first-order valence-electron chi connectivity index (χ1n) is 10.6. The maximum Gasteiger partial charge on any atom is 0.237 e. The van der Waals surface area contributed by atoms with Crippen LogP contribution in [-0.4, -0.2) is 43.9 Å². The largest absolute Gasteiger partial charge is 0.370 e. The lowest BCUT2D eigenvalue weighted by atomic mass is 10.2. The summed E-state index contributed by atoms with van der Waals surface area (Å²) in [5.74, 6) is -1.18. The minimum Gasteiger partial charge on any atom is -0.370 e. The Balaban J connectivity index is 1.57. The van der Waals surface area contributed by atoms with Crippen LogP contribution in [0, 0.1) is 5.82 Å². The topological polar surface area (TPSA) is 107 Å². The minimum absolute atomic E-state index is 0.00504. The molecule has 4 aromatic rings. The number of anilines is 1. The van der Waals surface area contributed by atoms with Crippen molar-refractivity contribution in [2.45, 2.75) is 31.5 Å². The van der Waals surface area contributed by atoms with E-state index in [0.717, 1.165) is 46.8 Å². The fraction of sp³-hybridized carbons (Fsp3) is 0.261. The van der Waals surface area contributed by atoms with Gasteiger partial charge in [-0.25, -0.2) is 9.37 Å². The van der Waals surface area contributed by atoms with Gasteiger partial charge >= 0.3 is 0 Å². The first-order chi connectivity index (χ1) is 16.0. The molecule has 0 saturated heterocycles. The molecule has 0 fully saturated rings. The average Bonchev–Trinajstić information content (AvgIpc) is 3.12. The van der Waals surface area contributed by atoms with Gasteiger partial charge in [0.05, 0.1) is 11.3 Å². The molecule has 2 aromatic heterocycles. The predicted octanol–water partition coefficient (Wildman–Crippen LogP) is 3.53. The highest BCUT2D eigenvalue weighted by Gasteiger charge is 2.19. The molecule has 2 N–H and O–H groups in total. The van der Waals surface area contributed by atoms with E-state index in [2.05, 4.69) is 26.7 Å². The number of aryl methyl sites for hydroxylation is 1. The first-order valence-corrected chi connectivity index (χ1v) is 11.5. The number of aromatic nitrogens is 4. The summed E-state index contributed by atoms with van der Waals surface area (Å²) in [4.78, 5) is 30.3. The number of nitrogens with two attached hydrogens (primary N) is 1. The lowest BCUT2D eigenvalue weighted by molar-refractivity contribution is -0.118. The Hall–Kier alpha value is -3.53. The summed E-state index contributed by atoms with van der Waals surface area (Å²) in [5.41, 5.74) is 8.25. The molecule has 2 aromatic carbocycles. The van der Waals surface area contributed by atoms with E-state index in [1.807, 2.05) is 24.3 Å². The molecular weight excluding hydrogens is 443 g/mol. The van der Waals surface area contributed by atoms with Crippen LogP contribution >= 0.6 is 11.8 Å². The molecule has 0 unspecified atom stereocenters.